The van der Waals surface area contributed by atoms with Gasteiger partial charge in [0.15, 0.2) is 5.16 Å². The van der Waals surface area contributed by atoms with Crippen molar-refractivity contribution in [2.45, 2.75) is 36.4 Å². The number of esters is 1. The van der Waals surface area contributed by atoms with Crippen LogP contribution in [-0.2, 0) is 9.53 Å². The average Bonchev–Trinajstić information content (AvgIpc) is 2.78. The molecule has 0 unspecified atom stereocenters. The molecule has 0 aliphatic carbocycles. The quantitative estimate of drug-likeness (QED) is 0.296. The molecule has 7 nitrogen and oxygen atoms in total. The van der Waals surface area contributed by atoms with Crippen molar-refractivity contribution in [2.24, 2.45) is 5.92 Å². The molecular formula is C24H27FN4O3S. The molecule has 9 heteroatoms. The predicted molar refractivity (Wildman–Crippen MR) is 128 cm³/mol. The van der Waals surface area contributed by atoms with Gasteiger partial charge in [-0.2, -0.15) is 0 Å². The van der Waals surface area contributed by atoms with Crippen LogP contribution in [0, 0.1) is 11.7 Å². The summed E-state index contributed by atoms with van der Waals surface area (Å²) in [5.41, 5.74) is 0.548. The monoisotopic (exact) mass is 470 g/mol. The minimum absolute atomic E-state index is 0.265. The van der Waals surface area contributed by atoms with Gasteiger partial charge in [-0.25, -0.2) is 19.2 Å². The van der Waals surface area contributed by atoms with Crippen LogP contribution in [-0.4, -0.2) is 36.2 Å². The van der Waals surface area contributed by atoms with Crippen molar-refractivity contribution in [2.75, 3.05) is 24.9 Å². The molecule has 1 heterocycles. The second-order valence-corrected chi connectivity index (χ2v) is 8.72. The van der Waals surface area contributed by atoms with E-state index in [0.29, 0.717) is 28.9 Å². The zero-order valence-electron chi connectivity index (χ0n) is 19.0. The van der Waals surface area contributed by atoms with E-state index < -0.39 is 6.04 Å². The molecular weight excluding hydrogens is 443 g/mol. The van der Waals surface area contributed by atoms with Crippen molar-refractivity contribution >= 4 is 35.1 Å². The molecule has 1 aromatic heterocycles. The lowest BCUT2D eigenvalue weighted by Crippen LogP contribution is -2.32. The number of anilines is 3. The highest BCUT2D eigenvalue weighted by atomic mass is 32.2. The number of ether oxygens (including phenoxy) is 2. The number of nitrogens with zero attached hydrogens (tertiary/aromatic N) is 2. The Morgan fingerprint density at radius 1 is 1.06 bits per heavy atom. The number of nitrogens with one attached hydrogen (secondary N) is 2. The summed E-state index contributed by atoms with van der Waals surface area (Å²) in [6, 6.07) is 14.7. The Morgan fingerprint density at radius 3 is 2.42 bits per heavy atom. The molecule has 0 saturated heterocycles. The predicted octanol–water partition coefficient (Wildman–Crippen LogP) is 5.52. The summed E-state index contributed by atoms with van der Waals surface area (Å²) in [7, 11) is 2.97. The van der Waals surface area contributed by atoms with Crippen LogP contribution in [0.3, 0.4) is 0 Å². The fraction of sp³-hybridized carbons (Fsp3) is 0.292. The van der Waals surface area contributed by atoms with E-state index in [1.165, 1.54) is 31.0 Å². The fourth-order valence-electron chi connectivity index (χ4n) is 3.08. The molecule has 3 rings (SSSR count). The number of carbonyl (C=O) groups is 1. The zero-order valence-corrected chi connectivity index (χ0v) is 19.8. The van der Waals surface area contributed by atoms with E-state index in [2.05, 4.69) is 20.6 Å². The van der Waals surface area contributed by atoms with Crippen LogP contribution in [0.25, 0.3) is 0 Å². The number of hydrogen-bond donors (Lipinski definition) is 2. The summed E-state index contributed by atoms with van der Waals surface area (Å²) >= 11 is 1.36. The second-order valence-electron chi connectivity index (χ2n) is 7.68. The topological polar surface area (TPSA) is 85.4 Å². The first-order valence-corrected chi connectivity index (χ1v) is 11.3. The first-order chi connectivity index (χ1) is 15.9. The Labute approximate surface area is 197 Å². The van der Waals surface area contributed by atoms with E-state index in [9.17, 15) is 9.18 Å². The molecule has 33 heavy (non-hydrogen) atoms. The molecule has 0 amide bonds. The Morgan fingerprint density at radius 2 is 1.79 bits per heavy atom. The molecule has 0 saturated carbocycles. The van der Waals surface area contributed by atoms with Gasteiger partial charge in [-0.3, -0.25) is 0 Å². The standard InChI is InChI=1S/C24H27FN4O3S/c1-15(2)12-20(23(30)32-4)27-22-14-21(26-17-7-5-6-16(25)13-17)28-24(29-22)33-19-10-8-18(31-3)9-11-19/h5-11,13-15,20H,12H2,1-4H3,(H2,26,27,28,29)/t20-/m0/s1. The minimum atomic E-state index is -0.564. The van der Waals surface area contributed by atoms with Gasteiger partial charge in [-0.15, -0.1) is 0 Å². The number of aromatic nitrogens is 2. The lowest BCUT2D eigenvalue weighted by molar-refractivity contribution is -0.141. The maximum Gasteiger partial charge on any atom is 0.328 e. The van der Waals surface area contributed by atoms with Gasteiger partial charge >= 0.3 is 5.97 Å². The molecule has 0 bridgehead atoms. The third-order valence-corrected chi connectivity index (χ3v) is 5.46. The van der Waals surface area contributed by atoms with Gasteiger partial charge in [-0.1, -0.05) is 19.9 Å². The molecule has 174 valence electrons. The van der Waals surface area contributed by atoms with Crippen molar-refractivity contribution in [3.8, 4) is 5.75 Å². The van der Waals surface area contributed by atoms with Crippen molar-refractivity contribution in [3.05, 3.63) is 60.4 Å². The van der Waals surface area contributed by atoms with E-state index in [-0.39, 0.29) is 17.7 Å². The van der Waals surface area contributed by atoms with Gasteiger partial charge in [0.25, 0.3) is 0 Å². The highest BCUT2D eigenvalue weighted by Crippen LogP contribution is 2.30. The highest BCUT2D eigenvalue weighted by molar-refractivity contribution is 7.99. The first-order valence-electron chi connectivity index (χ1n) is 10.4. The van der Waals surface area contributed by atoms with Crippen molar-refractivity contribution in [1.82, 2.24) is 9.97 Å². The minimum Gasteiger partial charge on any atom is -0.497 e. The highest BCUT2D eigenvalue weighted by Gasteiger charge is 2.21. The van der Waals surface area contributed by atoms with Gasteiger partial charge < -0.3 is 20.1 Å². The Kier molecular flexibility index (Phi) is 8.48. The Hall–Kier alpha value is -3.33. The molecule has 0 spiro atoms. The van der Waals surface area contributed by atoms with E-state index in [4.69, 9.17) is 9.47 Å². The number of benzene rings is 2. The first kappa shape index (κ1) is 24.3. The van der Waals surface area contributed by atoms with Crippen molar-refractivity contribution in [1.29, 1.82) is 0 Å². The van der Waals surface area contributed by atoms with Crippen molar-refractivity contribution < 1.29 is 18.7 Å². The summed E-state index contributed by atoms with van der Waals surface area (Å²) in [6.45, 7) is 4.05. The van der Waals surface area contributed by atoms with Crippen LogP contribution in [0.5, 0.6) is 5.75 Å². The lowest BCUT2D eigenvalue weighted by Gasteiger charge is -2.19. The second kappa shape index (κ2) is 11.5. The zero-order chi connectivity index (χ0) is 23.8. The normalized spacial score (nSPS) is 11.7. The maximum absolute atomic E-state index is 13.6. The third-order valence-electron chi connectivity index (χ3n) is 4.59. The molecule has 0 aliphatic heterocycles. The average molecular weight is 471 g/mol. The maximum atomic E-state index is 13.6. The van der Waals surface area contributed by atoms with E-state index in [1.54, 1.807) is 25.3 Å². The van der Waals surface area contributed by atoms with Gasteiger partial charge in [0.2, 0.25) is 0 Å². The van der Waals surface area contributed by atoms with Crippen LogP contribution in [0.1, 0.15) is 20.3 Å². The largest absolute Gasteiger partial charge is 0.497 e. The summed E-state index contributed by atoms with van der Waals surface area (Å²) in [5, 5.41) is 6.73. The third kappa shape index (κ3) is 7.35. The summed E-state index contributed by atoms with van der Waals surface area (Å²) in [6.07, 6.45) is 0.574. The van der Waals surface area contributed by atoms with Crippen LogP contribution < -0.4 is 15.4 Å². The van der Waals surface area contributed by atoms with Crippen molar-refractivity contribution in [3.63, 3.8) is 0 Å². The summed E-state index contributed by atoms with van der Waals surface area (Å²) < 4.78 is 23.8. The molecule has 3 aromatic rings. The molecule has 2 aromatic carbocycles. The van der Waals surface area contributed by atoms with Crippen LogP contribution in [0.2, 0.25) is 0 Å². The number of methoxy groups -OCH3 is 2. The van der Waals surface area contributed by atoms with Gasteiger partial charge in [0.1, 0.15) is 29.2 Å². The molecule has 0 fully saturated rings. The Balaban J connectivity index is 1.92. The summed E-state index contributed by atoms with van der Waals surface area (Å²) in [4.78, 5) is 22.4. The molecule has 1 atom stereocenters. The number of hydrogen-bond acceptors (Lipinski definition) is 8. The lowest BCUT2D eigenvalue weighted by atomic mass is 10.0. The fourth-order valence-corrected chi connectivity index (χ4v) is 3.85. The number of halogens is 1. The molecule has 0 aliphatic rings. The van der Waals surface area contributed by atoms with Crippen LogP contribution in [0.15, 0.2) is 64.6 Å². The van der Waals surface area contributed by atoms with E-state index >= 15 is 0 Å². The summed E-state index contributed by atoms with van der Waals surface area (Å²) in [5.74, 6) is 1.20. The van der Waals surface area contributed by atoms with E-state index in [1.807, 2.05) is 38.1 Å². The Bertz CT molecular complexity index is 1080. The van der Waals surface area contributed by atoms with E-state index in [0.717, 1.165) is 10.6 Å². The van der Waals surface area contributed by atoms with Crippen LogP contribution in [0.4, 0.5) is 21.7 Å². The SMILES string of the molecule is COC(=O)[C@H](CC(C)C)Nc1cc(Nc2cccc(F)c2)nc(Sc2ccc(OC)cc2)n1. The van der Waals surface area contributed by atoms with Crippen LogP contribution >= 0.6 is 11.8 Å². The number of rotatable bonds is 10. The number of carbonyl (C=O) groups excluding carboxylic acids is 1. The molecule has 0 radical (unpaired) electrons. The van der Waals surface area contributed by atoms with Gasteiger partial charge in [0, 0.05) is 16.6 Å². The molecule has 2 N–H and O–H groups in total. The smallest absolute Gasteiger partial charge is 0.328 e. The van der Waals surface area contributed by atoms with Gasteiger partial charge in [-0.05, 0) is 66.6 Å². The van der Waals surface area contributed by atoms with Gasteiger partial charge in [0.05, 0.1) is 14.2 Å².